The molecular weight excluding hydrogens is 350 g/mol. The predicted molar refractivity (Wildman–Crippen MR) is 97.2 cm³/mol. The van der Waals surface area contributed by atoms with Gasteiger partial charge in [0.1, 0.15) is 5.75 Å². The molecule has 7 heteroatoms. The Labute approximate surface area is 155 Å². The van der Waals surface area contributed by atoms with E-state index in [9.17, 15) is 4.79 Å². The first-order valence-corrected chi connectivity index (χ1v) is 9.35. The molecule has 3 aromatic rings. The maximum atomic E-state index is 12.4. The summed E-state index contributed by atoms with van der Waals surface area (Å²) in [5.74, 6) is 2.15. The van der Waals surface area contributed by atoms with Crippen molar-refractivity contribution >= 4 is 17.2 Å². The molecule has 0 spiro atoms. The molecular formula is C19H19N3O3S. The van der Waals surface area contributed by atoms with Crippen LogP contribution in [-0.4, -0.2) is 34.6 Å². The summed E-state index contributed by atoms with van der Waals surface area (Å²) in [5, 5.41) is 6.13. The van der Waals surface area contributed by atoms with Crippen molar-refractivity contribution in [3.63, 3.8) is 0 Å². The number of benzene rings is 1. The summed E-state index contributed by atoms with van der Waals surface area (Å²) in [6.45, 7) is 1.20. The second-order valence-electron chi connectivity index (χ2n) is 6.33. The highest BCUT2D eigenvalue weighted by Crippen LogP contribution is 2.28. The van der Waals surface area contributed by atoms with E-state index in [1.807, 2.05) is 46.7 Å². The van der Waals surface area contributed by atoms with Gasteiger partial charge in [0.25, 0.3) is 0 Å². The van der Waals surface area contributed by atoms with Gasteiger partial charge in [-0.1, -0.05) is 23.4 Å². The third-order valence-electron chi connectivity index (χ3n) is 4.50. The Hall–Kier alpha value is -2.67. The number of ether oxygens (including phenoxy) is 1. The van der Waals surface area contributed by atoms with Crippen LogP contribution in [0.15, 0.2) is 46.3 Å². The molecule has 1 amide bonds. The van der Waals surface area contributed by atoms with E-state index >= 15 is 0 Å². The van der Waals surface area contributed by atoms with Crippen LogP contribution in [0.5, 0.6) is 5.75 Å². The van der Waals surface area contributed by atoms with Crippen LogP contribution in [0, 0.1) is 0 Å². The molecule has 0 saturated carbocycles. The first-order chi connectivity index (χ1) is 12.7. The van der Waals surface area contributed by atoms with Gasteiger partial charge in [-0.3, -0.25) is 4.79 Å². The van der Waals surface area contributed by atoms with Crippen LogP contribution in [0.25, 0.3) is 0 Å². The number of aromatic nitrogens is 2. The van der Waals surface area contributed by atoms with Crippen LogP contribution < -0.4 is 4.74 Å². The van der Waals surface area contributed by atoms with Gasteiger partial charge in [-0.2, -0.15) is 4.98 Å². The number of amides is 1. The Balaban J connectivity index is 1.40. The van der Waals surface area contributed by atoms with Gasteiger partial charge in [0, 0.05) is 30.3 Å². The molecule has 6 nitrogen and oxygen atoms in total. The SMILES string of the molecule is COc1ccc(CN2CC(c3noc(Cc4cccs4)n3)CC2=O)cc1. The average Bonchev–Trinajstić information content (AvgIpc) is 3.39. The summed E-state index contributed by atoms with van der Waals surface area (Å²) in [6, 6.07) is 11.8. The van der Waals surface area contributed by atoms with Crippen molar-refractivity contribution in [3.8, 4) is 5.75 Å². The summed E-state index contributed by atoms with van der Waals surface area (Å²) in [4.78, 5) is 19.9. The highest BCUT2D eigenvalue weighted by Gasteiger charge is 2.33. The molecule has 3 heterocycles. The Bertz CT molecular complexity index is 874. The summed E-state index contributed by atoms with van der Waals surface area (Å²) in [7, 11) is 1.64. The molecule has 134 valence electrons. The number of hydrogen-bond acceptors (Lipinski definition) is 6. The third kappa shape index (κ3) is 3.62. The minimum atomic E-state index is -0.0124. The quantitative estimate of drug-likeness (QED) is 0.667. The molecule has 0 N–H and O–H groups in total. The fourth-order valence-electron chi connectivity index (χ4n) is 3.12. The molecule has 0 aliphatic carbocycles. The van der Waals surface area contributed by atoms with Gasteiger partial charge in [-0.25, -0.2) is 0 Å². The second kappa shape index (κ2) is 7.29. The monoisotopic (exact) mass is 369 g/mol. The van der Waals surface area contributed by atoms with Crippen molar-refractivity contribution in [2.24, 2.45) is 0 Å². The fourth-order valence-corrected chi connectivity index (χ4v) is 3.81. The number of carbonyl (C=O) groups is 1. The van der Waals surface area contributed by atoms with E-state index in [4.69, 9.17) is 9.26 Å². The summed E-state index contributed by atoms with van der Waals surface area (Å²) in [5.41, 5.74) is 1.08. The van der Waals surface area contributed by atoms with Gasteiger partial charge in [0.15, 0.2) is 5.82 Å². The van der Waals surface area contributed by atoms with E-state index in [1.54, 1.807) is 18.4 Å². The largest absolute Gasteiger partial charge is 0.497 e. The molecule has 26 heavy (non-hydrogen) atoms. The van der Waals surface area contributed by atoms with Crippen molar-refractivity contribution in [1.82, 2.24) is 15.0 Å². The number of rotatable bonds is 6. The summed E-state index contributed by atoms with van der Waals surface area (Å²) in [6.07, 6.45) is 1.06. The first-order valence-electron chi connectivity index (χ1n) is 8.47. The van der Waals surface area contributed by atoms with Gasteiger partial charge in [-0.15, -0.1) is 11.3 Å². The van der Waals surface area contributed by atoms with E-state index in [0.717, 1.165) is 11.3 Å². The number of methoxy groups -OCH3 is 1. The van der Waals surface area contributed by atoms with Crippen LogP contribution in [0.3, 0.4) is 0 Å². The lowest BCUT2D eigenvalue weighted by Crippen LogP contribution is -2.24. The minimum Gasteiger partial charge on any atom is -0.497 e. The van der Waals surface area contributed by atoms with E-state index in [0.29, 0.717) is 37.6 Å². The molecule has 1 unspecified atom stereocenters. The van der Waals surface area contributed by atoms with Gasteiger partial charge in [0.05, 0.1) is 13.5 Å². The van der Waals surface area contributed by atoms with Crippen LogP contribution >= 0.6 is 11.3 Å². The van der Waals surface area contributed by atoms with Crippen LogP contribution in [0.1, 0.15) is 34.5 Å². The van der Waals surface area contributed by atoms with Crippen LogP contribution in [0.2, 0.25) is 0 Å². The Morgan fingerprint density at radius 1 is 1.31 bits per heavy atom. The molecule has 1 atom stereocenters. The molecule has 1 aliphatic rings. The topological polar surface area (TPSA) is 68.5 Å². The van der Waals surface area contributed by atoms with Crippen molar-refractivity contribution in [2.45, 2.75) is 25.3 Å². The number of hydrogen-bond donors (Lipinski definition) is 0. The highest BCUT2D eigenvalue weighted by molar-refractivity contribution is 7.09. The smallest absolute Gasteiger partial charge is 0.231 e. The second-order valence-corrected chi connectivity index (χ2v) is 7.36. The molecule has 1 fully saturated rings. The highest BCUT2D eigenvalue weighted by atomic mass is 32.1. The minimum absolute atomic E-state index is 0.0124. The lowest BCUT2D eigenvalue weighted by molar-refractivity contribution is -0.128. The maximum absolute atomic E-state index is 12.4. The molecule has 1 aliphatic heterocycles. The molecule has 4 rings (SSSR count). The molecule has 0 radical (unpaired) electrons. The number of likely N-dealkylation sites (tertiary alicyclic amines) is 1. The first kappa shape index (κ1) is 16.8. The molecule has 1 saturated heterocycles. The lowest BCUT2D eigenvalue weighted by atomic mass is 10.1. The average molecular weight is 369 g/mol. The van der Waals surface area contributed by atoms with Crippen molar-refractivity contribution in [2.75, 3.05) is 13.7 Å². The number of carbonyl (C=O) groups excluding carboxylic acids is 1. The van der Waals surface area contributed by atoms with E-state index < -0.39 is 0 Å². The Kier molecular flexibility index (Phi) is 4.71. The van der Waals surface area contributed by atoms with Crippen molar-refractivity contribution in [1.29, 1.82) is 0 Å². The predicted octanol–water partition coefficient (Wildman–Crippen LogP) is 3.25. The lowest BCUT2D eigenvalue weighted by Gasteiger charge is -2.16. The van der Waals surface area contributed by atoms with E-state index in [-0.39, 0.29) is 11.8 Å². The van der Waals surface area contributed by atoms with E-state index in [2.05, 4.69) is 10.1 Å². The third-order valence-corrected chi connectivity index (χ3v) is 5.38. The van der Waals surface area contributed by atoms with Gasteiger partial charge in [-0.05, 0) is 29.1 Å². The molecule has 0 bridgehead atoms. The fraction of sp³-hybridized carbons (Fsp3) is 0.316. The Morgan fingerprint density at radius 3 is 2.88 bits per heavy atom. The van der Waals surface area contributed by atoms with Gasteiger partial charge < -0.3 is 14.2 Å². The Morgan fingerprint density at radius 2 is 2.15 bits per heavy atom. The normalized spacial score (nSPS) is 17.0. The van der Waals surface area contributed by atoms with Crippen molar-refractivity contribution in [3.05, 3.63) is 63.9 Å². The van der Waals surface area contributed by atoms with Gasteiger partial charge in [0.2, 0.25) is 11.8 Å². The van der Waals surface area contributed by atoms with Crippen molar-refractivity contribution < 1.29 is 14.1 Å². The maximum Gasteiger partial charge on any atom is 0.231 e. The van der Waals surface area contributed by atoms with Crippen LogP contribution in [-0.2, 0) is 17.8 Å². The van der Waals surface area contributed by atoms with E-state index in [1.165, 1.54) is 4.88 Å². The number of nitrogens with zero attached hydrogens (tertiary/aromatic N) is 3. The standard InChI is InChI=1S/C19H19N3O3S/c1-24-15-6-4-13(5-7-15)11-22-12-14(9-18(22)23)19-20-17(25-21-19)10-16-3-2-8-26-16/h2-8,14H,9-12H2,1H3. The molecule has 2 aromatic heterocycles. The zero-order valence-corrected chi connectivity index (χ0v) is 15.2. The summed E-state index contributed by atoms with van der Waals surface area (Å²) < 4.78 is 10.5. The zero-order chi connectivity index (χ0) is 17.9. The summed E-state index contributed by atoms with van der Waals surface area (Å²) >= 11 is 1.66. The van der Waals surface area contributed by atoms with Crippen LogP contribution in [0.4, 0.5) is 0 Å². The zero-order valence-electron chi connectivity index (χ0n) is 14.4. The molecule has 1 aromatic carbocycles. The van der Waals surface area contributed by atoms with Gasteiger partial charge >= 0.3 is 0 Å². The number of thiophene rings is 1.